The standard InChI is InChI=1S/C18H13NS/c20-18-15-8-4-7-14-13(9-10-16(19-18)17(14)15)11-12-5-2-1-3-6-12/h1-10H,11H2,(H,19,20). The lowest BCUT2D eigenvalue weighted by Crippen LogP contribution is -1.91. The van der Waals surface area contributed by atoms with E-state index in [-0.39, 0.29) is 0 Å². The highest BCUT2D eigenvalue weighted by atomic mass is 32.1. The van der Waals surface area contributed by atoms with E-state index < -0.39 is 0 Å². The Morgan fingerprint density at radius 1 is 0.850 bits per heavy atom. The van der Waals surface area contributed by atoms with Crippen molar-refractivity contribution in [1.82, 2.24) is 0 Å². The zero-order valence-corrected chi connectivity index (χ0v) is 11.8. The van der Waals surface area contributed by atoms with Crippen LogP contribution in [0.4, 0.5) is 5.69 Å². The minimum absolute atomic E-state index is 0.822. The molecule has 3 aromatic rings. The van der Waals surface area contributed by atoms with Gasteiger partial charge in [-0.3, -0.25) is 0 Å². The van der Waals surface area contributed by atoms with Gasteiger partial charge in [-0.2, -0.15) is 0 Å². The smallest absolute Gasteiger partial charge is 0.102 e. The van der Waals surface area contributed by atoms with Crippen molar-refractivity contribution in [3.63, 3.8) is 0 Å². The molecule has 0 aromatic heterocycles. The second-order valence-electron chi connectivity index (χ2n) is 5.07. The maximum Gasteiger partial charge on any atom is 0.102 e. The number of hydrogen-bond donors (Lipinski definition) is 1. The number of nitrogens with zero attached hydrogens (tertiary/aromatic N) is 1. The molecular formula is C18H13NS. The van der Waals surface area contributed by atoms with Crippen LogP contribution in [0.5, 0.6) is 0 Å². The molecule has 0 atom stereocenters. The van der Waals surface area contributed by atoms with Gasteiger partial charge >= 0.3 is 0 Å². The number of aliphatic imine (C=N–C) groups is 1. The molecule has 0 spiro atoms. The Morgan fingerprint density at radius 2 is 1.70 bits per heavy atom. The van der Waals surface area contributed by atoms with Gasteiger partial charge in [-0.1, -0.05) is 54.6 Å². The summed E-state index contributed by atoms with van der Waals surface area (Å²) < 4.78 is 0. The first-order valence-electron chi connectivity index (χ1n) is 6.69. The third-order valence-electron chi connectivity index (χ3n) is 3.81. The lowest BCUT2D eigenvalue weighted by Gasteiger charge is -2.08. The highest BCUT2D eigenvalue weighted by Crippen LogP contribution is 2.38. The Labute approximate surface area is 123 Å². The molecule has 1 aliphatic heterocycles. The molecule has 1 aliphatic rings. The molecule has 0 unspecified atom stereocenters. The second kappa shape index (κ2) is 4.50. The Hall–Kier alpha value is -2.06. The van der Waals surface area contributed by atoms with Crippen LogP contribution in [0.15, 0.2) is 65.7 Å². The number of hydrogen-bond acceptors (Lipinski definition) is 1. The van der Waals surface area contributed by atoms with Crippen LogP contribution in [0.2, 0.25) is 0 Å². The van der Waals surface area contributed by atoms with Gasteiger partial charge in [-0.05, 0) is 29.0 Å². The minimum atomic E-state index is 0.822. The minimum Gasteiger partial charge on any atom is -0.241 e. The zero-order valence-electron chi connectivity index (χ0n) is 10.9. The summed E-state index contributed by atoms with van der Waals surface area (Å²) in [6.07, 6.45) is 0.947. The molecule has 0 radical (unpaired) electrons. The molecule has 0 saturated carbocycles. The van der Waals surface area contributed by atoms with E-state index in [1.807, 2.05) is 0 Å². The molecule has 0 saturated heterocycles. The summed E-state index contributed by atoms with van der Waals surface area (Å²) in [5.74, 6) is 0. The largest absolute Gasteiger partial charge is 0.241 e. The quantitative estimate of drug-likeness (QED) is 0.648. The van der Waals surface area contributed by atoms with Gasteiger partial charge in [-0.15, -0.1) is 12.6 Å². The highest BCUT2D eigenvalue weighted by molar-refractivity contribution is 7.97. The third-order valence-corrected chi connectivity index (χ3v) is 4.15. The van der Waals surface area contributed by atoms with Crippen molar-refractivity contribution in [2.45, 2.75) is 6.42 Å². The molecule has 4 rings (SSSR count). The summed E-state index contributed by atoms with van der Waals surface area (Å²) in [6.45, 7) is 0. The fourth-order valence-corrected chi connectivity index (χ4v) is 3.17. The van der Waals surface area contributed by atoms with Gasteiger partial charge in [0.1, 0.15) is 5.04 Å². The van der Waals surface area contributed by atoms with Gasteiger partial charge in [0.25, 0.3) is 0 Å². The van der Waals surface area contributed by atoms with Gasteiger partial charge in [0.2, 0.25) is 0 Å². The van der Waals surface area contributed by atoms with Crippen LogP contribution in [0.25, 0.3) is 10.8 Å². The van der Waals surface area contributed by atoms with E-state index in [9.17, 15) is 0 Å². The first-order chi connectivity index (χ1) is 9.83. The summed E-state index contributed by atoms with van der Waals surface area (Å²) in [4.78, 5) is 4.53. The monoisotopic (exact) mass is 275 g/mol. The van der Waals surface area contributed by atoms with E-state index in [1.54, 1.807) is 0 Å². The summed E-state index contributed by atoms with van der Waals surface area (Å²) in [7, 11) is 0. The third kappa shape index (κ3) is 1.76. The summed E-state index contributed by atoms with van der Waals surface area (Å²) in [5, 5.41) is 3.35. The number of thiol groups is 1. The highest BCUT2D eigenvalue weighted by Gasteiger charge is 2.17. The van der Waals surface area contributed by atoms with Gasteiger partial charge in [0, 0.05) is 10.9 Å². The Morgan fingerprint density at radius 3 is 2.55 bits per heavy atom. The van der Waals surface area contributed by atoms with Crippen LogP contribution in [-0.4, -0.2) is 5.04 Å². The molecule has 0 N–H and O–H groups in total. The first kappa shape index (κ1) is 11.7. The van der Waals surface area contributed by atoms with E-state index >= 15 is 0 Å². The molecule has 0 fully saturated rings. The Balaban J connectivity index is 1.90. The van der Waals surface area contributed by atoms with Gasteiger partial charge < -0.3 is 0 Å². The summed E-state index contributed by atoms with van der Waals surface area (Å²) in [6, 6.07) is 21.2. The summed E-state index contributed by atoms with van der Waals surface area (Å²) in [5.41, 5.74) is 4.86. The molecule has 0 amide bonds. The van der Waals surface area contributed by atoms with Crippen LogP contribution in [0, 0.1) is 0 Å². The van der Waals surface area contributed by atoms with Crippen molar-refractivity contribution >= 4 is 34.1 Å². The summed E-state index contributed by atoms with van der Waals surface area (Å²) >= 11 is 4.47. The van der Waals surface area contributed by atoms with Crippen molar-refractivity contribution in [2.75, 3.05) is 0 Å². The normalized spacial score (nSPS) is 12.8. The van der Waals surface area contributed by atoms with Crippen LogP contribution < -0.4 is 0 Å². The lowest BCUT2D eigenvalue weighted by molar-refractivity contribution is 1.21. The molecule has 0 aliphatic carbocycles. The fourth-order valence-electron chi connectivity index (χ4n) is 2.87. The average molecular weight is 275 g/mol. The maximum atomic E-state index is 4.53. The van der Waals surface area contributed by atoms with Gasteiger partial charge in [0.15, 0.2) is 0 Å². The fraction of sp³-hybridized carbons (Fsp3) is 0.0556. The van der Waals surface area contributed by atoms with Crippen LogP contribution >= 0.6 is 12.6 Å². The van der Waals surface area contributed by atoms with Gasteiger partial charge in [-0.25, -0.2) is 4.99 Å². The topological polar surface area (TPSA) is 12.4 Å². The maximum absolute atomic E-state index is 4.53. The van der Waals surface area contributed by atoms with E-state index in [2.05, 4.69) is 78.3 Å². The van der Waals surface area contributed by atoms with Crippen LogP contribution in [0.1, 0.15) is 16.7 Å². The van der Waals surface area contributed by atoms with Crippen LogP contribution in [0.3, 0.4) is 0 Å². The SMILES string of the molecule is SC1=Nc2ccc(Cc3ccccc3)c3cccc1c23. The molecule has 0 bridgehead atoms. The number of rotatable bonds is 2. The van der Waals surface area contributed by atoms with Crippen LogP contribution in [-0.2, 0) is 6.42 Å². The van der Waals surface area contributed by atoms with E-state index in [1.165, 1.54) is 21.9 Å². The Bertz CT molecular complexity index is 835. The van der Waals surface area contributed by atoms with E-state index in [0.717, 1.165) is 22.7 Å². The molecule has 3 aromatic carbocycles. The molecule has 96 valence electrons. The lowest BCUT2D eigenvalue weighted by atomic mass is 9.96. The molecule has 1 nitrogen and oxygen atoms in total. The predicted octanol–water partition coefficient (Wildman–Crippen LogP) is 4.75. The van der Waals surface area contributed by atoms with Gasteiger partial charge in [0.05, 0.1) is 5.69 Å². The first-order valence-corrected chi connectivity index (χ1v) is 7.14. The predicted molar refractivity (Wildman–Crippen MR) is 88.4 cm³/mol. The van der Waals surface area contributed by atoms with Crippen molar-refractivity contribution < 1.29 is 0 Å². The molecular weight excluding hydrogens is 262 g/mol. The van der Waals surface area contributed by atoms with E-state index in [4.69, 9.17) is 0 Å². The molecule has 2 heteroatoms. The second-order valence-corrected chi connectivity index (χ2v) is 5.49. The molecule has 20 heavy (non-hydrogen) atoms. The van der Waals surface area contributed by atoms with Crippen molar-refractivity contribution in [1.29, 1.82) is 0 Å². The number of benzene rings is 3. The van der Waals surface area contributed by atoms with E-state index in [0.29, 0.717) is 0 Å². The van der Waals surface area contributed by atoms with Crippen molar-refractivity contribution in [3.05, 3.63) is 77.4 Å². The zero-order chi connectivity index (χ0) is 13.5. The Kier molecular flexibility index (Phi) is 2.64. The molecule has 1 heterocycles. The average Bonchev–Trinajstić information content (AvgIpc) is 2.82. The van der Waals surface area contributed by atoms with Crippen molar-refractivity contribution in [3.8, 4) is 0 Å². The van der Waals surface area contributed by atoms with Crippen molar-refractivity contribution in [2.24, 2.45) is 4.99 Å².